The molecule has 1 aromatic rings. The van der Waals surface area contributed by atoms with Crippen molar-refractivity contribution in [3.8, 4) is 0 Å². The Morgan fingerprint density at radius 1 is 1.33 bits per heavy atom. The molecule has 3 rings (SSSR count). The Balaban J connectivity index is 1.76. The number of guanidine groups is 1. The summed E-state index contributed by atoms with van der Waals surface area (Å²) in [4.78, 5) is 33.1. The second kappa shape index (κ2) is 5.77. The van der Waals surface area contributed by atoms with Crippen LogP contribution >= 0.6 is 11.6 Å². The van der Waals surface area contributed by atoms with Crippen LogP contribution in [0.4, 0.5) is 0 Å². The number of aliphatic imine (C=N–C) groups is 1. The molecule has 130 valence electrons. The summed E-state index contributed by atoms with van der Waals surface area (Å²) in [6.07, 6.45) is 0.993. The van der Waals surface area contributed by atoms with Crippen LogP contribution in [0.5, 0.6) is 0 Å². The molecule has 9 heteroatoms. The Morgan fingerprint density at radius 3 is 2.42 bits per heavy atom. The first-order valence-corrected chi connectivity index (χ1v) is 8.20. The van der Waals surface area contributed by atoms with Gasteiger partial charge in [-0.25, -0.2) is 4.99 Å². The van der Waals surface area contributed by atoms with Crippen LogP contribution in [0.3, 0.4) is 0 Å². The zero-order valence-corrected chi connectivity index (χ0v) is 15.0. The van der Waals surface area contributed by atoms with Gasteiger partial charge < -0.3 is 9.80 Å². The van der Waals surface area contributed by atoms with Crippen molar-refractivity contribution in [2.24, 2.45) is 12.0 Å². The van der Waals surface area contributed by atoms with Gasteiger partial charge in [-0.15, -0.1) is 0 Å². The monoisotopic (exact) mass is 352 g/mol. The van der Waals surface area contributed by atoms with Crippen molar-refractivity contribution in [1.82, 2.24) is 24.9 Å². The Labute approximate surface area is 145 Å². The highest BCUT2D eigenvalue weighted by atomic mass is 35.5. The van der Waals surface area contributed by atoms with E-state index in [-0.39, 0.29) is 11.8 Å². The number of nitrogens with zero attached hydrogens (tertiary/aromatic N) is 5. The molecule has 1 aromatic heterocycles. The standard InChI is InChI=1S/C15H21ClN6O2/c1-9-10(16)11(21(4)19-9)12(23)22-7-5-15(6-8-22)13(24)17-14(18-15)20(2)3/h5-8H2,1-4H3,(H,17,18,24). The molecule has 1 saturated heterocycles. The Kier molecular flexibility index (Phi) is 4.03. The summed E-state index contributed by atoms with van der Waals surface area (Å²) in [7, 11) is 5.38. The van der Waals surface area contributed by atoms with Gasteiger partial charge in [0.1, 0.15) is 11.2 Å². The highest BCUT2D eigenvalue weighted by Gasteiger charge is 2.47. The van der Waals surface area contributed by atoms with E-state index in [1.165, 1.54) is 4.68 Å². The highest BCUT2D eigenvalue weighted by molar-refractivity contribution is 6.34. The third-order valence-corrected chi connectivity index (χ3v) is 5.07. The van der Waals surface area contributed by atoms with Crippen LogP contribution in [0.15, 0.2) is 4.99 Å². The topological polar surface area (TPSA) is 82.8 Å². The lowest BCUT2D eigenvalue weighted by molar-refractivity contribution is -0.125. The second-order valence-electron chi connectivity index (χ2n) is 6.48. The van der Waals surface area contributed by atoms with Crippen molar-refractivity contribution in [3.05, 3.63) is 16.4 Å². The van der Waals surface area contributed by atoms with Crippen LogP contribution in [0.25, 0.3) is 0 Å². The molecule has 24 heavy (non-hydrogen) atoms. The molecule has 8 nitrogen and oxygen atoms in total. The van der Waals surface area contributed by atoms with Crippen molar-refractivity contribution >= 4 is 29.4 Å². The van der Waals surface area contributed by atoms with Crippen LogP contribution in [-0.2, 0) is 11.8 Å². The molecule has 0 aliphatic carbocycles. The molecule has 0 bridgehead atoms. The number of rotatable bonds is 1. The van der Waals surface area contributed by atoms with Gasteiger partial charge in [0.2, 0.25) is 5.96 Å². The largest absolute Gasteiger partial charge is 0.349 e. The number of aryl methyl sites for hydroxylation is 2. The first-order chi connectivity index (χ1) is 11.2. The maximum absolute atomic E-state index is 12.7. The first-order valence-electron chi connectivity index (χ1n) is 7.82. The van der Waals surface area contributed by atoms with E-state index in [0.29, 0.717) is 48.3 Å². The molecule has 0 atom stereocenters. The summed E-state index contributed by atoms with van der Waals surface area (Å²) in [6, 6.07) is 0. The van der Waals surface area contributed by atoms with E-state index in [0.717, 1.165) is 0 Å². The number of carbonyl (C=O) groups excluding carboxylic acids is 2. The third-order valence-electron chi connectivity index (χ3n) is 4.62. The number of carbonyl (C=O) groups is 2. The van der Waals surface area contributed by atoms with Crippen LogP contribution in [0.2, 0.25) is 5.02 Å². The van der Waals surface area contributed by atoms with Gasteiger partial charge in [-0.1, -0.05) is 11.6 Å². The summed E-state index contributed by atoms with van der Waals surface area (Å²) in [5.41, 5.74) is 0.257. The smallest absolute Gasteiger partial charge is 0.273 e. The van der Waals surface area contributed by atoms with Gasteiger partial charge in [0.15, 0.2) is 0 Å². The van der Waals surface area contributed by atoms with E-state index in [1.54, 1.807) is 23.8 Å². The predicted octanol–water partition coefficient (Wildman–Crippen LogP) is 0.404. The molecule has 0 aromatic carbocycles. The highest BCUT2D eigenvalue weighted by Crippen LogP contribution is 2.31. The van der Waals surface area contributed by atoms with Gasteiger partial charge in [-0.05, 0) is 19.8 Å². The normalized spacial score (nSPS) is 19.5. The zero-order chi connectivity index (χ0) is 17.6. The second-order valence-corrected chi connectivity index (χ2v) is 6.86. The lowest BCUT2D eigenvalue weighted by atomic mass is 9.88. The molecule has 1 fully saturated rings. The Hall–Kier alpha value is -2.09. The van der Waals surface area contributed by atoms with Gasteiger partial charge in [-0.3, -0.25) is 19.6 Å². The molecular weight excluding hydrogens is 332 g/mol. The van der Waals surface area contributed by atoms with Gasteiger partial charge in [0.05, 0.1) is 10.7 Å². The molecule has 2 amide bonds. The van der Waals surface area contributed by atoms with Crippen molar-refractivity contribution < 1.29 is 9.59 Å². The SMILES string of the molecule is Cc1nn(C)c(C(=O)N2CCC3(CC2)N=C(N(C)C)NC3=O)c1Cl. The molecule has 0 radical (unpaired) electrons. The maximum atomic E-state index is 12.7. The van der Waals surface area contributed by atoms with E-state index in [1.807, 2.05) is 14.1 Å². The van der Waals surface area contributed by atoms with Crippen molar-refractivity contribution in [2.75, 3.05) is 27.2 Å². The van der Waals surface area contributed by atoms with Crippen LogP contribution in [0.1, 0.15) is 29.0 Å². The van der Waals surface area contributed by atoms with Crippen LogP contribution in [-0.4, -0.2) is 70.1 Å². The van der Waals surface area contributed by atoms with Gasteiger partial charge >= 0.3 is 0 Å². The number of hydrogen-bond donors (Lipinski definition) is 1. The van der Waals surface area contributed by atoms with Gasteiger partial charge in [0.25, 0.3) is 11.8 Å². The van der Waals surface area contributed by atoms with Gasteiger partial charge in [-0.2, -0.15) is 5.10 Å². The number of aromatic nitrogens is 2. The number of amides is 2. The third kappa shape index (κ3) is 2.54. The lowest BCUT2D eigenvalue weighted by Crippen LogP contribution is -2.51. The minimum absolute atomic E-state index is 0.0901. The van der Waals surface area contributed by atoms with E-state index < -0.39 is 5.54 Å². The average molecular weight is 353 g/mol. The van der Waals surface area contributed by atoms with Crippen LogP contribution < -0.4 is 5.32 Å². The quantitative estimate of drug-likeness (QED) is 0.793. The van der Waals surface area contributed by atoms with E-state index in [4.69, 9.17) is 11.6 Å². The fraction of sp³-hybridized carbons (Fsp3) is 0.600. The average Bonchev–Trinajstić information content (AvgIpc) is 2.97. The summed E-state index contributed by atoms with van der Waals surface area (Å²) >= 11 is 6.20. The molecule has 1 N–H and O–H groups in total. The Morgan fingerprint density at radius 2 is 1.96 bits per heavy atom. The van der Waals surface area contributed by atoms with Crippen molar-refractivity contribution in [3.63, 3.8) is 0 Å². The van der Waals surface area contributed by atoms with E-state index in [2.05, 4.69) is 15.4 Å². The number of halogens is 1. The van der Waals surface area contributed by atoms with Gasteiger partial charge in [0, 0.05) is 34.2 Å². The van der Waals surface area contributed by atoms with E-state index in [9.17, 15) is 9.59 Å². The Bertz CT molecular complexity index is 731. The number of nitrogens with one attached hydrogen (secondary N) is 1. The van der Waals surface area contributed by atoms with E-state index >= 15 is 0 Å². The molecule has 0 saturated carbocycles. The minimum Gasteiger partial charge on any atom is -0.349 e. The number of hydrogen-bond acceptors (Lipinski definition) is 5. The molecule has 3 heterocycles. The molecule has 1 spiro atoms. The lowest BCUT2D eigenvalue weighted by Gasteiger charge is -2.35. The number of piperidine rings is 1. The minimum atomic E-state index is -0.761. The predicted molar refractivity (Wildman–Crippen MR) is 90.1 cm³/mol. The fourth-order valence-electron chi connectivity index (χ4n) is 3.14. The summed E-state index contributed by atoms with van der Waals surface area (Å²) in [6.45, 7) is 2.68. The fourth-order valence-corrected chi connectivity index (χ4v) is 3.39. The summed E-state index contributed by atoms with van der Waals surface area (Å²) in [5.74, 6) is 0.325. The molecular formula is C15H21ClN6O2. The molecule has 2 aliphatic rings. The molecule has 0 unspecified atom stereocenters. The van der Waals surface area contributed by atoms with Crippen molar-refractivity contribution in [1.29, 1.82) is 0 Å². The zero-order valence-electron chi connectivity index (χ0n) is 14.3. The summed E-state index contributed by atoms with van der Waals surface area (Å²) < 4.78 is 1.51. The van der Waals surface area contributed by atoms with Crippen molar-refractivity contribution in [2.45, 2.75) is 25.3 Å². The van der Waals surface area contributed by atoms with Crippen LogP contribution in [0, 0.1) is 6.92 Å². The summed E-state index contributed by atoms with van der Waals surface area (Å²) in [5, 5.41) is 7.38. The maximum Gasteiger partial charge on any atom is 0.273 e. The first kappa shape index (κ1) is 16.8. The molecule has 2 aliphatic heterocycles. The number of likely N-dealkylation sites (tertiary alicyclic amines) is 1.